The summed E-state index contributed by atoms with van der Waals surface area (Å²) in [6.45, 7) is 10.9. The summed E-state index contributed by atoms with van der Waals surface area (Å²) in [5.41, 5.74) is 0.938. The molecule has 0 bridgehead atoms. The Kier molecular flexibility index (Phi) is 8.84. The molecule has 8 heteroatoms. The molecule has 1 N–H and O–H groups in total. The van der Waals surface area contributed by atoms with Crippen LogP contribution in [0.25, 0.3) is 0 Å². The van der Waals surface area contributed by atoms with Crippen molar-refractivity contribution >= 4 is 46.7 Å². The molecular formula is C24H33IN2O5. The number of aryl methyl sites for hydroxylation is 1. The number of alkyl halides is 1. The Bertz CT molecular complexity index is 881. The number of hydrogen-bond acceptors (Lipinski definition) is 5. The molecule has 1 fully saturated rings. The highest BCUT2D eigenvalue weighted by Gasteiger charge is 2.36. The number of imide groups is 2. The summed E-state index contributed by atoms with van der Waals surface area (Å²) >= 11 is 2.39. The maximum atomic E-state index is 13.3. The Hall–Kier alpha value is -1.97. The smallest absolute Gasteiger partial charge is 0.265 e. The van der Waals surface area contributed by atoms with Gasteiger partial charge in [-0.25, -0.2) is 0 Å². The molecule has 1 aromatic rings. The van der Waals surface area contributed by atoms with E-state index in [1.165, 1.54) is 0 Å². The number of halogens is 1. The fourth-order valence-corrected chi connectivity index (χ4v) is 5.80. The average Bonchev–Trinajstić information content (AvgIpc) is 2.67. The van der Waals surface area contributed by atoms with E-state index in [0.717, 1.165) is 22.2 Å². The number of nitrogens with zero attached hydrogens (tertiary/aromatic N) is 1. The lowest BCUT2D eigenvalue weighted by Crippen LogP contribution is -2.54. The fraction of sp³-hybridized carbons (Fsp3) is 0.583. The lowest BCUT2D eigenvalue weighted by atomic mass is 9.74. The van der Waals surface area contributed by atoms with Gasteiger partial charge in [0.15, 0.2) is 0 Å². The molecule has 7 nitrogen and oxygen atoms in total. The third-order valence-corrected chi connectivity index (χ3v) is 6.23. The normalized spacial score (nSPS) is 17.0. The second-order valence-electron chi connectivity index (χ2n) is 9.97. The van der Waals surface area contributed by atoms with Crippen molar-refractivity contribution in [1.29, 1.82) is 0 Å². The first kappa shape index (κ1) is 26.3. The van der Waals surface area contributed by atoms with Crippen molar-refractivity contribution in [3.8, 4) is 5.75 Å². The number of rotatable bonds is 10. The van der Waals surface area contributed by atoms with E-state index < -0.39 is 23.8 Å². The predicted octanol–water partition coefficient (Wildman–Crippen LogP) is 4.05. The number of carbonyl (C=O) groups is 4. The Morgan fingerprint density at radius 3 is 2.53 bits per heavy atom. The third kappa shape index (κ3) is 6.76. The van der Waals surface area contributed by atoms with Crippen LogP contribution < -0.4 is 10.1 Å². The van der Waals surface area contributed by atoms with E-state index >= 15 is 0 Å². The van der Waals surface area contributed by atoms with Gasteiger partial charge in [0.05, 0.1) is 12.2 Å². The van der Waals surface area contributed by atoms with Crippen molar-refractivity contribution in [2.24, 2.45) is 10.8 Å². The van der Waals surface area contributed by atoms with Crippen molar-refractivity contribution in [2.75, 3.05) is 11.0 Å². The van der Waals surface area contributed by atoms with Crippen LogP contribution in [0, 0.1) is 17.8 Å². The summed E-state index contributed by atoms with van der Waals surface area (Å²) < 4.78 is 7.22. The van der Waals surface area contributed by atoms with E-state index in [4.69, 9.17) is 4.74 Å². The molecule has 0 aromatic heterocycles. The molecular weight excluding hydrogens is 523 g/mol. The molecule has 1 aromatic carbocycles. The molecule has 0 saturated carbocycles. The molecule has 1 atom stereocenters. The van der Waals surface area contributed by atoms with Crippen molar-refractivity contribution in [3.05, 3.63) is 29.3 Å². The minimum atomic E-state index is -1.02. The molecule has 0 radical (unpaired) electrons. The zero-order valence-electron chi connectivity index (χ0n) is 19.5. The van der Waals surface area contributed by atoms with E-state index in [1.807, 2.05) is 0 Å². The Morgan fingerprint density at radius 1 is 1.25 bits per heavy atom. The molecule has 0 spiro atoms. The number of nitrogens with one attached hydrogen (secondary N) is 1. The van der Waals surface area contributed by atoms with Crippen LogP contribution in [0.1, 0.15) is 69.3 Å². The van der Waals surface area contributed by atoms with Gasteiger partial charge in [0.1, 0.15) is 11.8 Å². The average molecular weight is 556 g/mol. The monoisotopic (exact) mass is 556 g/mol. The summed E-state index contributed by atoms with van der Waals surface area (Å²) in [6, 6.07) is 4.25. The molecule has 4 amide bonds. The van der Waals surface area contributed by atoms with Gasteiger partial charge < -0.3 is 4.74 Å². The minimum absolute atomic E-state index is 0.0757. The van der Waals surface area contributed by atoms with Gasteiger partial charge in [-0.05, 0) is 48.6 Å². The van der Waals surface area contributed by atoms with E-state index in [2.05, 4.69) is 55.6 Å². The second kappa shape index (κ2) is 10.8. The highest BCUT2D eigenvalue weighted by atomic mass is 127. The Labute approximate surface area is 203 Å². The largest absolute Gasteiger partial charge is 0.492 e. The zero-order valence-corrected chi connectivity index (χ0v) is 21.7. The molecule has 1 saturated heterocycles. The van der Waals surface area contributed by atoms with Crippen molar-refractivity contribution in [2.45, 2.75) is 66.3 Å². The Balaban J connectivity index is 2.25. The number of ether oxygens (including phenoxy) is 1. The molecule has 1 unspecified atom stereocenters. The van der Waals surface area contributed by atoms with Gasteiger partial charge in [0.25, 0.3) is 5.91 Å². The zero-order chi connectivity index (χ0) is 24.1. The van der Waals surface area contributed by atoms with Crippen LogP contribution in [0.3, 0.4) is 0 Å². The van der Waals surface area contributed by atoms with Crippen LogP contribution in [-0.4, -0.2) is 46.1 Å². The van der Waals surface area contributed by atoms with Gasteiger partial charge >= 0.3 is 0 Å². The molecule has 1 aliphatic heterocycles. The molecule has 2 rings (SSSR count). The number of amides is 4. The van der Waals surface area contributed by atoms with Crippen molar-refractivity contribution in [3.63, 3.8) is 0 Å². The second-order valence-corrected chi connectivity index (χ2v) is 11.0. The standard InChI is InChI=1S/C24H33IN2O5/c1-16-7-6-8-18(32-14-24(4,5)13-23(2,3)11-12-25)20(16)22(31)27(15-28)17-9-10-19(29)26-21(17)30/h6-8,15,17H,9-14H2,1-5H3,(H,26,29,30). The number of hydrogen-bond donors (Lipinski definition) is 1. The van der Waals surface area contributed by atoms with Crippen molar-refractivity contribution in [1.82, 2.24) is 10.2 Å². The summed E-state index contributed by atoms with van der Waals surface area (Å²) in [5.74, 6) is -1.27. The SMILES string of the molecule is Cc1cccc(OCC(C)(C)CC(C)(C)CCI)c1C(=O)N(C=O)C1CCC(=O)NC1=O. The lowest BCUT2D eigenvalue weighted by molar-refractivity contribution is -0.139. The third-order valence-electron chi connectivity index (χ3n) is 5.69. The summed E-state index contributed by atoms with van der Waals surface area (Å²) in [7, 11) is 0. The predicted molar refractivity (Wildman–Crippen MR) is 131 cm³/mol. The van der Waals surface area contributed by atoms with Crippen LogP contribution in [0.2, 0.25) is 0 Å². The topological polar surface area (TPSA) is 92.8 Å². The summed E-state index contributed by atoms with van der Waals surface area (Å²) in [4.78, 5) is 49.7. The highest BCUT2D eigenvalue weighted by Crippen LogP contribution is 2.37. The van der Waals surface area contributed by atoms with Crippen LogP contribution >= 0.6 is 22.6 Å². The minimum Gasteiger partial charge on any atom is -0.492 e. The van der Waals surface area contributed by atoms with E-state index in [1.54, 1.807) is 25.1 Å². The van der Waals surface area contributed by atoms with Crippen LogP contribution in [0.4, 0.5) is 0 Å². The van der Waals surface area contributed by atoms with Crippen LogP contribution in [-0.2, 0) is 14.4 Å². The van der Waals surface area contributed by atoms with Crippen molar-refractivity contribution < 1.29 is 23.9 Å². The highest BCUT2D eigenvalue weighted by molar-refractivity contribution is 14.1. The first-order valence-electron chi connectivity index (χ1n) is 10.8. The van der Waals surface area contributed by atoms with Gasteiger partial charge in [-0.1, -0.05) is 62.4 Å². The quantitative estimate of drug-likeness (QED) is 0.203. The van der Waals surface area contributed by atoms with Crippen LogP contribution in [0.15, 0.2) is 18.2 Å². The molecule has 1 aliphatic rings. The first-order chi connectivity index (χ1) is 14.9. The molecule has 1 heterocycles. The van der Waals surface area contributed by atoms with Gasteiger partial charge in [0.2, 0.25) is 18.2 Å². The lowest BCUT2D eigenvalue weighted by Gasteiger charge is -2.35. The van der Waals surface area contributed by atoms with E-state index in [9.17, 15) is 19.2 Å². The van der Waals surface area contributed by atoms with Gasteiger partial charge in [0, 0.05) is 10.8 Å². The number of benzene rings is 1. The molecule has 176 valence electrons. The Morgan fingerprint density at radius 2 is 1.94 bits per heavy atom. The maximum Gasteiger partial charge on any atom is 0.265 e. The van der Waals surface area contributed by atoms with Crippen LogP contribution in [0.5, 0.6) is 5.75 Å². The van der Waals surface area contributed by atoms with Gasteiger partial charge in [-0.2, -0.15) is 0 Å². The van der Waals surface area contributed by atoms with Gasteiger partial charge in [-0.15, -0.1) is 0 Å². The summed E-state index contributed by atoms with van der Waals surface area (Å²) in [6.07, 6.45) is 2.60. The van der Waals surface area contributed by atoms with E-state index in [-0.39, 0.29) is 29.2 Å². The first-order valence-corrected chi connectivity index (χ1v) is 12.3. The maximum absolute atomic E-state index is 13.3. The fourth-order valence-electron chi connectivity index (χ4n) is 4.34. The molecule has 0 aliphatic carbocycles. The summed E-state index contributed by atoms with van der Waals surface area (Å²) in [5, 5.41) is 2.19. The number of piperidine rings is 1. The van der Waals surface area contributed by atoms with Gasteiger partial charge in [-0.3, -0.25) is 29.4 Å². The number of carbonyl (C=O) groups excluding carboxylic acids is 4. The van der Waals surface area contributed by atoms with E-state index in [0.29, 0.717) is 24.3 Å². The molecule has 32 heavy (non-hydrogen) atoms.